The lowest BCUT2D eigenvalue weighted by molar-refractivity contribution is -0.125. The molecule has 1 aromatic heterocycles. The molecule has 0 saturated carbocycles. The Labute approximate surface area is 279 Å². The first kappa shape index (κ1) is 36.6. The SMILES string of the molecule is COP(OC)OCC(C)(C)COCC(C)(C)COCCNC(=O)CCC(=O)N1Cc2ccccc2-c2c(nnn2C)-c2ccccc21. The Morgan fingerprint density at radius 2 is 1.51 bits per heavy atom. The van der Waals surface area contributed by atoms with Gasteiger partial charge in [0.05, 0.1) is 51.0 Å². The van der Waals surface area contributed by atoms with E-state index in [9.17, 15) is 9.59 Å². The van der Waals surface area contributed by atoms with Crippen LogP contribution in [0.15, 0.2) is 48.5 Å². The van der Waals surface area contributed by atoms with E-state index in [1.165, 1.54) is 0 Å². The molecule has 2 heterocycles. The van der Waals surface area contributed by atoms with Gasteiger partial charge >= 0.3 is 8.60 Å². The minimum atomic E-state index is -1.34. The van der Waals surface area contributed by atoms with Crippen molar-refractivity contribution in [2.24, 2.45) is 17.9 Å². The minimum absolute atomic E-state index is 0.0703. The predicted molar refractivity (Wildman–Crippen MR) is 181 cm³/mol. The second-order valence-electron chi connectivity index (χ2n) is 13.2. The molecule has 0 radical (unpaired) electrons. The fourth-order valence-corrected chi connectivity index (χ4v) is 6.08. The van der Waals surface area contributed by atoms with Crippen LogP contribution in [-0.4, -0.2) is 80.6 Å². The lowest BCUT2D eigenvalue weighted by Gasteiger charge is -2.29. The number of hydrogen-bond acceptors (Lipinski definition) is 9. The van der Waals surface area contributed by atoms with Crippen LogP contribution in [0.25, 0.3) is 22.5 Å². The van der Waals surface area contributed by atoms with Crippen molar-refractivity contribution in [3.05, 3.63) is 54.1 Å². The molecule has 47 heavy (non-hydrogen) atoms. The predicted octanol–water partition coefficient (Wildman–Crippen LogP) is 5.51. The van der Waals surface area contributed by atoms with Gasteiger partial charge < -0.3 is 33.3 Å². The lowest BCUT2D eigenvalue weighted by Crippen LogP contribution is -2.34. The Balaban J connectivity index is 1.22. The number of ether oxygens (including phenoxy) is 2. The zero-order valence-electron chi connectivity index (χ0n) is 28.6. The van der Waals surface area contributed by atoms with E-state index < -0.39 is 8.60 Å². The molecule has 3 aromatic rings. The maximum Gasteiger partial charge on any atom is 0.332 e. The Bertz CT molecular complexity index is 1490. The number of rotatable bonds is 17. The summed E-state index contributed by atoms with van der Waals surface area (Å²) in [4.78, 5) is 28.1. The van der Waals surface area contributed by atoms with Gasteiger partial charge in [-0.25, -0.2) is 4.68 Å². The van der Waals surface area contributed by atoms with Gasteiger partial charge in [0.2, 0.25) is 11.8 Å². The Hall–Kier alpha value is -3.25. The fraction of sp³-hybridized carbons (Fsp3) is 0.529. The fourth-order valence-electron chi connectivity index (χ4n) is 5.27. The zero-order chi connectivity index (χ0) is 34.0. The summed E-state index contributed by atoms with van der Waals surface area (Å²) in [5, 5.41) is 11.6. The topological polar surface area (TPSA) is 126 Å². The highest BCUT2D eigenvalue weighted by Gasteiger charge is 2.29. The second kappa shape index (κ2) is 16.7. The monoisotopic (exact) mass is 669 g/mol. The molecule has 1 aliphatic rings. The first-order valence-electron chi connectivity index (χ1n) is 15.8. The third-order valence-electron chi connectivity index (χ3n) is 7.65. The maximum atomic E-state index is 13.6. The summed E-state index contributed by atoms with van der Waals surface area (Å²) in [7, 11) is 3.65. The zero-order valence-corrected chi connectivity index (χ0v) is 29.5. The maximum absolute atomic E-state index is 13.6. The smallest absolute Gasteiger partial charge is 0.332 e. The first-order valence-corrected chi connectivity index (χ1v) is 16.9. The van der Waals surface area contributed by atoms with Crippen LogP contribution < -0.4 is 10.2 Å². The molecule has 12 nitrogen and oxygen atoms in total. The van der Waals surface area contributed by atoms with Crippen LogP contribution in [-0.2, 0) is 46.2 Å². The van der Waals surface area contributed by atoms with Crippen molar-refractivity contribution in [2.45, 2.75) is 47.1 Å². The number of benzene rings is 2. The molecule has 1 N–H and O–H groups in total. The van der Waals surface area contributed by atoms with E-state index in [1.54, 1.807) is 23.8 Å². The highest BCUT2D eigenvalue weighted by Crippen LogP contribution is 2.41. The standard InChI is InChI=1S/C34H48N5O7P/c1-33(2,22-45-23-34(3,4)24-46-47(42-6)43-7)21-44-19-18-35-29(40)16-17-30(41)39-20-25-12-8-9-13-26(25)32-31(36-37-38(32)5)27-14-10-11-15-28(27)39/h8-15H,16-24H2,1-7H3,(H,35,40). The number of anilines is 1. The molecular formula is C34H48N5O7P. The number of hydrogen-bond donors (Lipinski definition) is 1. The summed E-state index contributed by atoms with van der Waals surface area (Å²) < 4.78 is 29.6. The Morgan fingerprint density at radius 1 is 0.872 bits per heavy atom. The van der Waals surface area contributed by atoms with Crippen molar-refractivity contribution in [1.29, 1.82) is 0 Å². The number of aryl methyl sites for hydroxylation is 1. The Kier molecular flexibility index (Phi) is 13.0. The molecule has 0 aliphatic carbocycles. The van der Waals surface area contributed by atoms with Crippen LogP contribution in [0.4, 0.5) is 5.69 Å². The molecule has 0 saturated heterocycles. The van der Waals surface area contributed by atoms with E-state index in [4.69, 9.17) is 23.0 Å². The number of carbonyl (C=O) groups excluding carboxylic acids is 2. The summed E-state index contributed by atoms with van der Waals surface area (Å²) in [5.74, 6) is -0.336. The van der Waals surface area contributed by atoms with Crippen molar-refractivity contribution in [3.8, 4) is 22.5 Å². The van der Waals surface area contributed by atoms with E-state index in [0.717, 1.165) is 33.8 Å². The van der Waals surface area contributed by atoms with Gasteiger partial charge in [0.25, 0.3) is 0 Å². The molecule has 0 fully saturated rings. The van der Waals surface area contributed by atoms with Gasteiger partial charge in [-0.05, 0) is 11.6 Å². The van der Waals surface area contributed by atoms with Gasteiger partial charge in [0.1, 0.15) is 5.69 Å². The summed E-state index contributed by atoms with van der Waals surface area (Å²) in [6.45, 7) is 11.3. The molecule has 0 atom stereocenters. The van der Waals surface area contributed by atoms with Crippen molar-refractivity contribution >= 4 is 26.1 Å². The lowest BCUT2D eigenvalue weighted by atomic mass is 9.94. The van der Waals surface area contributed by atoms with Gasteiger partial charge in [0.15, 0.2) is 0 Å². The van der Waals surface area contributed by atoms with Crippen LogP contribution in [0.2, 0.25) is 0 Å². The van der Waals surface area contributed by atoms with Crippen LogP contribution in [0.5, 0.6) is 0 Å². The number of amides is 2. The molecule has 4 rings (SSSR count). The van der Waals surface area contributed by atoms with Crippen LogP contribution >= 0.6 is 8.60 Å². The van der Waals surface area contributed by atoms with E-state index in [2.05, 4.69) is 43.3 Å². The van der Waals surface area contributed by atoms with E-state index >= 15 is 0 Å². The van der Waals surface area contributed by atoms with Gasteiger partial charge in [-0.15, -0.1) is 5.10 Å². The summed E-state index contributed by atoms with van der Waals surface area (Å²) in [5.41, 5.74) is 4.74. The average Bonchev–Trinajstić information content (AvgIpc) is 3.42. The van der Waals surface area contributed by atoms with Gasteiger partial charge in [-0.2, -0.15) is 0 Å². The van der Waals surface area contributed by atoms with Gasteiger partial charge in [-0.3, -0.25) is 9.59 Å². The van der Waals surface area contributed by atoms with Crippen molar-refractivity contribution in [3.63, 3.8) is 0 Å². The number of fused-ring (bicyclic) bond motifs is 5. The van der Waals surface area contributed by atoms with E-state index in [0.29, 0.717) is 46.1 Å². The van der Waals surface area contributed by atoms with Crippen LogP contribution in [0, 0.1) is 10.8 Å². The van der Waals surface area contributed by atoms with Crippen LogP contribution in [0.3, 0.4) is 0 Å². The normalized spacial score (nSPS) is 13.1. The quantitative estimate of drug-likeness (QED) is 0.146. The molecule has 2 aromatic carbocycles. The molecule has 1 aliphatic heterocycles. The molecule has 13 heteroatoms. The van der Waals surface area contributed by atoms with Gasteiger partial charge in [0, 0.05) is 62.6 Å². The first-order chi connectivity index (χ1) is 22.4. The average molecular weight is 670 g/mol. The summed E-state index contributed by atoms with van der Waals surface area (Å²) in [6, 6.07) is 15.7. The molecular weight excluding hydrogens is 621 g/mol. The molecule has 256 valence electrons. The number of nitrogens with zero attached hydrogens (tertiary/aromatic N) is 4. The second-order valence-corrected chi connectivity index (χ2v) is 14.6. The van der Waals surface area contributed by atoms with Gasteiger partial charge in [-0.1, -0.05) is 75.4 Å². The summed E-state index contributed by atoms with van der Waals surface area (Å²) >= 11 is 0. The number of carbonyl (C=O) groups is 2. The van der Waals surface area contributed by atoms with Crippen molar-refractivity contribution in [2.75, 3.05) is 58.7 Å². The van der Waals surface area contributed by atoms with E-state index in [-0.39, 0.29) is 35.5 Å². The van der Waals surface area contributed by atoms with Crippen molar-refractivity contribution < 1.29 is 32.6 Å². The number of aromatic nitrogens is 3. The third kappa shape index (κ3) is 10.1. The minimum Gasteiger partial charge on any atom is -0.380 e. The Morgan fingerprint density at radius 3 is 2.23 bits per heavy atom. The van der Waals surface area contributed by atoms with Crippen molar-refractivity contribution in [1.82, 2.24) is 20.3 Å². The highest BCUT2D eigenvalue weighted by molar-refractivity contribution is 7.41. The number of nitrogens with one attached hydrogen (secondary N) is 1. The molecule has 0 bridgehead atoms. The van der Waals surface area contributed by atoms with E-state index in [1.807, 2.05) is 55.6 Å². The van der Waals surface area contributed by atoms with Crippen LogP contribution in [0.1, 0.15) is 46.1 Å². The summed E-state index contributed by atoms with van der Waals surface area (Å²) in [6.07, 6.45) is 0.145. The largest absolute Gasteiger partial charge is 0.380 e. The third-order valence-corrected chi connectivity index (χ3v) is 8.59. The molecule has 0 unspecified atom stereocenters. The number of para-hydroxylation sites is 1. The molecule has 0 spiro atoms. The highest BCUT2D eigenvalue weighted by atomic mass is 31.2. The molecule has 2 amide bonds.